The number of nitrogens with zero attached hydrogens (tertiary/aromatic N) is 2. The lowest BCUT2D eigenvalue weighted by Gasteiger charge is -2.18. The Morgan fingerprint density at radius 1 is 1.03 bits per heavy atom. The van der Waals surface area contributed by atoms with Crippen molar-refractivity contribution >= 4 is 51.8 Å². The van der Waals surface area contributed by atoms with Crippen molar-refractivity contribution in [1.82, 2.24) is 0 Å². The molecule has 2 heterocycles. The van der Waals surface area contributed by atoms with Crippen LogP contribution in [-0.2, 0) is 4.79 Å². The van der Waals surface area contributed by atoms with Crippen molar-refractivity contribution in [1.29, 1.82) is 0 Å². The van der Waals surface area contributed by atoms with Crippen LogP contribution in [0, 0.1) is 0 Å². The van der Waals surface area contributed by atoms with Crippen molar-refractivity contribution in [2.45, 2.75) is 0 Å². The largest absolute Gasteiger partial charge is 0.495 e. The number of thiophene rings is 1. The number of rotatable bonds is 4. The first-order chi connectivity index (χ1) is 14.2. The quantitative estimate of drug-likeness (QED) is 0.553. The van der Waals surface area contributed by atoms with E-state index in [1.807, 2.05) is 41.8 Å². The van der Waals surface area contributed by atoms with Gasteiger partial charge in [-0.1, -0.05) is 36.4 Å². The highest BCUT2D eigenvalue weighted by Crippen LogP contribution is 2.40. The molecule has 2 amide bonds. The lowest BCUT2D eigenvalue weighted by atomic mass is 10.2. The van der Waals surface area contributed by atoms with Crippen molar-refractivity contribution in [3.8, 4) is 5.75 Å². The number of ether oxygens (including phenoxy) is 1. The standard InChI is InChI=1S/C22H16N2O3S2/c1-27-18-12-6-5-11-17(18)24-21(26)19(14-16-10-7-13-28-16)29-22(24)23-20(25)15-8-3-2-4-9-15/h2-14H,1H3/b19-14-,23-22?. The summed E-state index contributed by atoms with van der Waals surface area (Å²) in [5.74, 6) is -0.121. The molecule has 0 atom stereocenters. The Morgan fingerprint density at radius 3 is 2.52 bits per heavy atom. The van der Waals surface area contributed by atoms with Crippen LogP contribution in [0.1, 0.15) is 15.2 Å². The van der Waals surface area contributed by atoms with Gasteiger partial charge < -0.3 is 4.74 Å². The van der Waals surface area contributed by atoms with E-state index in [0.717, 1.165) is 4.88 Å². The number of anilines is 1. The summed E-state index contributed by atoms with van der Waals surface area (Å²) in [5, 5.41) is 2.25. The van der Waals surface area contributed by atoms with Gasteiger partial charge in [0.25, 0.3) is 11.8 Å². The number of para-hydroxylation sites is 2. The number of carbonyl (C=O) groups is 2. The minimum Gasteiger partial charge on any atom is -0.495 e. The Kier molecular flexibility index (Phi) is 5.59. The molecule has 0 bridgehead atoms. The second kappa shape index (κ2) is 8.46. The van der Waals surface area contributed by atoms with Gasteiger partial charge in [-0.2, -0.15) is 4.99 Å². The molecule has 7 heteroatoms. The molecule has 4 rings (SSSR count). The highest BCUT2D eigenvalue weighted by Gasteiger charge is 2.36. The molecule has 29 heavy (non-hydrogen) atoms. The van der Waals surface area contributed by atoms with Crippen molar-refractivity contribution in [3.63, 3.8) is 0 Å². The van der Waals surface area contributed by atoms with Crippen LogP contribution >= 0.6 is 23.1 Å². The molecular weight excluding hydrogens is 404 g/mol. The number of methoxy groups -OCH3 is 1. The van der Waals surface area contributed by atoms with E-state index in [-0.39, 0.29) is 5.91 Å². The molecule has 1 aliphatic heterocycles. The number of amides is 2. The van der Waals surface area contributed by atoms with Gasteiger partial charge in [0.15, 0.2) is 5.17 Å². The predicted octanol–water partition coefficient (Wildman–Crippen LogP) is 5.07. The minimum absolute atomic E-state index is 0.243. The summed E-state index contributed by atoms with van der Waals surface area (Å²) in [6.07, 6.45) is 1.82. The van der Waals surface area contributed by atoms with Crippen molar-refractivity contribution in [3.05, 3.63) is 87.5 Å². The van der Waals surface area contributed by atoms with E-state index >= 15 is 0 Å². The van der Waals surface area contributed by atoms with Crippen LogP contribution in [0.2, 0.25) is 0 Å². The van der Waals surface area contributed by atoms with Crippen LogP contribution in [0.3, 0.4) is 0 Å². The first-order valence-electron chi connectivity index (χ1n) is 8.76. The topological polar surface area (TPSA) is 59.0 Å². The molecule has 0 saturated carbocycles. The molecule has 0 unspecified atom stereocenters. The average Bonchev–Trinajstić information content (AvgIpc) is 3.37. The maximum Gasteiger partial charge on any atom is 0.279 e. The summed E-state index contributed by atoms with van der Waals surface area (Å²) in [5.41, 5.74) is 1.01. The molecule has 0 radical (unpaired) electrons. The fourth-order valence-corrected chi connectivity index (χ4v) is 4.50. The van der Waals surface area contributed by atoms with E-state index in [4.69, 9.17) is 4.74 Å². The summed E-state index contributed by atoms with van der Waals surface area (Å²) in [7, 11) is 1.54. The highest BCUT2D eigenvalue weighted by molar-refractivity contribution is 8.19. The van der Waals surface area contributed by atoms with Crippen LogP contribution < -0.4 is 9.64 Å². The predicted molar refractivity (Wildman–Crippen MR) is 119 cm³/mol. The van der Waals surface area contributed by atoms with Crippen LogP contribution in [-0.4, -0.2) is 24.1 Å². The summed E-state index contributed by atoms with van der Waals surface area (Å²) >= 11 is 2.72. The first kappa shape index (κ1) is 19.2. The molecule has 1 aromatic heterocycles. The Hall–Kier alpha value is -3.16. The van der Waals surface area contributed by atoms with Crippen LogP contribution in [0.4, 0.5) is 5.69 Å². The monoisotopic (exact) mass is 420 g/mol. The third-order valence-electron chi connectivity index (χ3n) is 4.17. The number of amidine groups is 1. The molecule has 2 aromatic carbocycles. The van der Waals surface area contributed by atoms with Gasteiger partial charge in [-0.25, -0.2) is 0 Å². The zero-order valence-electron chi connectivity index (χ0n) is 15.4. The minimum atomic E-state index is -0.404. The Morgan fingerprint density at radius 2 is 1.79 bits per heavy atom. The fraction of sp³-hybridized carbons (Fsp3) is 0.0455. The Balaban J connectivity index is 1.79. The second-order valence-electron chi connectivity index (χ2n) is 6.00. The van der Waals surface area contributed by atoms with Gasteiger partial charge in [-0.05, 0) is 53.5 Å². The van der Waals surface area contributed by atoms with E-state index in [9.17, 15) is 9.59 Å². The molecule has 3 aromatic rings. The highest BCUT2D eigenvalue weighted by atomic mass is 32.2. The van der Waals surface area contributed by atoms with Gasteiger partial charge in [0.2, 0.25) is 0 Å². The maximum absolute atomic E-state index is 13.2. The number of aliphatic imine (C=N–C) groups is 1. The van der Waals surface area contributed by atoms with E-state index in [1.165, 1.54) is 28.0 Å². The zero-order valence-corrected chi connectivity index (χ0v) is 17.1. The zero-order chi connectivity index (χ0) is 20.2. The number of hydrogen-bond acceptors (Lipinski definition) is 5. The van der Waals surface area contributed by atoms with E-state index < -0.39 is 5.91 Å². The number of carbonyl (C=O) groups excluding carboxylic acids is 2. The molecule has 1 saturated heterocycles. The summed E-state index contributed by atoms with van der Waals surface area (Å²) < 4.78 is 5.42. The van der Waals surface area contributed by atoms with E-state index in [1.54, 1.807) is 43.5 Å². The van der Waals surface area contributed by atoms with Crippen LogP contribution in [0.5, 0.6) is 5.75 Å². The summed E-state index contributed by atoms with van der Waals surface area (Å²) in [4.78, 5) is 33.0. The first-order valence-corrected chi connectivity index (χ1v) is 10.5. The van der Waals surface area contributed by atoms with Gasteiger partial charge in [-0.15, -0.1) is 11.3 Å². The van der Waals surface area contributed by atoms with Gasteiger partial charge in [-0.3, -0.25) is 14.5 Å². The van der Waals surface area contributed by atoms with Crippen molar-refractivity contribution in [2.24, 2.45) is 4.99 Å². The Labute approximate surface area is 176 Å². The molecule has 0 spiro atoms. The smallest absolute Gasteiger partial charge is 0.279 e. The maximum atomic E-state index is 13.2. The van der Waals surface area contributed by atoms with Gasteiger partial charge in [0.05, 0.1) is 17.7 Å². The third kappa shape index (κ3) is 4.01. The average molecular weight is 421 g/mol. The van der Waals surface area contributed by atoms with Gasteiger partial charge in [0, 0.05) is 10.4 Å². The summed E-state index contributed by atoms with van der Waals surface area (Å²) in [6.45, 7) is 0. The normalized spacial score (nSPS) is 16.6. The number of thioether (sulfide) groups is 1. The second-order valence-corrected chi connectivity index (χ2v) is 7.99. The molecular formula is C22H16N2O3S2. The SMILES string of the molecule is COc1ccccc1N1C(=O)/C(=C/c2cccs2)SC1=NC(=O)c1ccccc1. The van der Waals surface area contributed by atoms with Gasteiger partial charge in [0.1, 0.15) is 5.75 Å². The lowest BCUT2D eigenvalue weighted by Crippen LogP contribution is -2.29. The molecule has 1 aliphatic rings. The van der Waals surface area contributed by atoms with Crippen LogP contribution in [0.15, 0.2) is 82.0 Å². The van der Waals surface area contributed by atoms with Crippen LogP contribution in [0.25, 0.3) is 6.08 Å². The molecule has 0 N–H and O–H groups in total. The third-order valence-corrected chi connectivity index (χ3v) is 5.96. The lowest BCUT2D eigenvalue weighted by molar-refractivity contribution is -0.113. The molecule has 144 valence electrons. The van der Waals surface area contributed by atoms with E-state index in [2.05, 4.69) is 4.99 Å². The van der Waals surface area contributed by atoms with Crippen molar-refractivity contribution in [2.75, 3.05) is 12.0 Å². The molecule has 0 aliphatic carbocycles. The Bertz CT molecular complexity index is 1110. The molecule has 5 nitrogen and oxygen atoms in total. The van der Waals surface area contributed by atoms with E-state index in [0.29, 0.717) is 27.1 Å². The fourth-order valence-electron chi connectivity index (χ4n) is 2.81. The number of benzene rings is 2. The molecule has 1 fully saturated rings. The summed E-state index contributed by atoms with van der Waals surface area (Å²) in [6, 6.07) is 19.8. The van der Waals surface area contributed by atoms with Gasteiger partial charge >= 0.3 is 0 Å². The van der Waals surface area contributed by atoms with Crippen molar-refractivity contribution < 1.29 is 14.3 Å². The number of hydrogen-bond donors (Lipinski definition) is 0.